The molecule has 0 atom stereocenters. The number of fused-ring (bicyclic) bond motifs is 1. The van der Waals surface area contributed by atoms with Crippen LogP contribution in [0.4, 0.5) is 0 Å². The maximum Gasteiger partial charge on any atom is 0.267 e. The van der Waals surface area contributed by atoms with Crippen LogP contribution >= 0.6 is 0 Å². The van der Waals surface area contributed by atoms with Crippen LogP contribution in [0.3, 0.4) is 0 Å². The van der Waals surface area contributed by atoms with Crippen molar-refractivity contribution < 1.29 is 17.5 Å². The third kappa shape index (κ3) is 3.74. The van der Waals surface area contributed by atoms with Crippen LogP contribution in [-0.4, -0.2) is 17.6 Å². The molecule has 0 spiro atoms. The van der Waals surface area contributed by atoms with Gasteiger partial charge in [-0.15, -0.1) is 4.68 Å². The van der Waals surface area contributed by atoms with Gasteiger partial charge in [0.25, 0.3) is 6.33 Å². The number of hydrogen-bond donors (Lipinski definition) is 1. The van der Waals surface area contributed by atoms with E-state index < -0.39 is 10.1 Å². The fraction of sp³-hybridized carbons (Fsp3) is 0.235. The first-order valence-corrected chi connectivity index (χ1v) is 8.76. The SMILES string of the molecule is C[n+]1cn(N)c2ccccc21.Cc1cc(C)c(S(=O)(=O)[O-])c(C)c1. The zero-order valence-electron chi connectivity index (χ0n) is 14.1. The van der Waals surface area contributed by atoms with Gasteiger partial charge in [0, 0.05) is 0 Å². The molecule has 2 aromatic carbocycles. The molecule has 128 valence electrons. The van der Waals surface area contributed by atoms with Crippen LogP contribution in [0.5, 0.6) is 0 Å². The molecule has 1 aromatic heterocycles. The summed E-state index contributed by atoms with van der Waals surface area (Å²) in [5.74, 6) is 5.67. The second kappa shape index (κ2) is 6.62. The van der Waals surface area contributed by atoms with E-state index in [1.54, 1.807) is 30.7 Å². The highest BCUT2D eigenvalue weighted by Crippen LogP contribution is 2.20. The topological polar surface area (TPSA) is 92.0 Å². The van der Waals surface area contributed by atoms with E-state index in [0.29, 0.717) is 11.1 Å². The Morgan fingerprint density at radius 3 is 2.12 bits per heavy atom. The number of benzene rings is 2. The van der Waals surface area contributed by atoms with Crippen LogP contribution in [0.25, 0.3) is 11.0 Å². The summed E-state index contributed by atoms with van der Waals surface area (Å²) in [6.07, 6.45) is 1.85. The minimum absolute atomic E-state index is 0.0851. The van der Waals surface area contributed by atoms with Gasteiger partial charge in [-0.05, 0) is 44.0 Å². The van der Waals surface area contributed by atoms with Crippen LogP contribution in [0.2, 0.25) is 0 Å². The monoisotopic (exact) mass is 347 g/mol. The van der Waals surface area contributed by atoms with Crippen molar-refractivity contribution in [2.45, 2.75) is 25.7 Å². The number of para-hydroxylation sites is 2. The van der Waals surface area contributed by atoms with Gasteiger partial charge in [-0.25, -0.2) is 13.0 Å². The van der Waals surface area contributed by atoms with E-state index in [0.717, 1.165) is 16.6 Å². The molecule has 1 heterocycles. The lowest BCUT2D eigenvalue weighted by molar-refractivity contribution is -0.645. The van der Waals surface area contributed by atoms with Crippen molar-refractivity contribution in [3.05, 3.63) is 59.4 Å². The molecule has 24 heavy (non-hydrogen) atoms. The first kappa shape index (κ1) is 18.0. The lowest BCUT2D eigenvalue weighted by atomic mass is 10.1. The van der Waals surface area contributed by atoms with Crippen LogP contribution < -0.4 is 10.4 Å². The second-order valence-corrected chi connectivity index (χ2v) is 7.12. The van der Waals surface area contributed by atoms with Crippen LogP contribution in [0.1, 0.15) is 16.7 Å². The van der Waals surface area contributed by atoms with Crippen molar-refractivity contribution in [1.29, 1.82) is 0 Å². The largest absolute Gasteiger partial charge is 0.744 e. The Hall–Kier alpha value is -2.38. The fourth-order valence-electron chi connectivity index (χ4n) is 2.85. The lowest BCUT2D eigenvalue weighted by Gasteiger charge is -2.14. The molecule has 0 fully saturated rings. The van der Waals surface area contributed by atoms with Gasteiger partial charge in [-0.1, -0.05) is 29.8 Å². The molecule has 0 saturated carbocycles. The van der Waals surface area contributed by atoms with E-state index in [1.165, 1.54) is 0 Å². The first-order chi connectivity index (χ1) is 11.1. The molecular formula is C17H21N3O3S. The Bertz CT molecular complexity index is 932. The van der Waals surface area contributed by atoms with Crippen molar-refractivity contribution in [3.8, 4) is 0 Å². The average molecular weight is 347 g/mol. The molecular weight excluding hydrogens is 326 g/mol. The summed E-state index contributed by atoms with van der Waals surface area (Å²) in [6.45, 7) is 5.12. The summed E-state index contributed by atoms with van der Waals surface area (Å²) < 4.78 is 36.1. The fourth-order valence-corrected chi connectivity index (χ4v) is 3.76. The summed E-state index contributed by atoms with van der Waals surface area (Å²) in [5, 5.41) is 0. The third-order valence-corrected chi connectivity index (χ3v) is 4.84. The van der Waals surface area contributed by atoms with E-state index in [4.69, 9.17) is 5.84 Å². The molecule has 7 heteroatoms. The highest BCUT2D eigenvalue weighted by Gasteiger charge is 2.09. The Morgan fingerprint density at radius 2 is 1.62 bits per heavy atom. The molecule has 3 rings (SSSR count). The molecule has 0 radical (unpaired) electrons. The van der Waals surface area contributed by atoms with Gasteiger partial charge >= 0.3 is 0 Å². The molecule has 3 aromatic rings. The summed E-state index contributed by atoms with van der Waals surface area (Å²) >= 11 is 0. The van der Waals surface area contributed by atoms with Crippen LogP contribution in [0, 0.1) is 20.8 Å². The number of aryl methyl sites for hydroxylation is 4. The summed E-state index contributed by atoms with van der Waals surface area (Å²) in [5.41, 5.74) is 4.20. The maximum absolute atomic E-state index is 10.8. The normalized spacial score (nSPS) is 11.2. The average Bonchev–Trinajstić information content (AvgIpc) is 2.72. The van der Waals surface area contributed by atoms with E-state index >= 15 is 0 Å². The number of nitrogens with zero attached hydrogens (tertiary/aromatic N) is 2. The van der Waals surface area contributed by atoms with Crippen molar-refractivity contribution >= 4 is 21.2 Å². The molecule has 0 bridgehead atoms. The van der Waals surface area contributed by atoms with Gasteiger partial charge in [0.1, 0.15) is 10.1 Å². The summed E-state index contributed by atoms with van der Waals surface area (Å²) in [4.78, 5) is -0.0851. The highest BCUT2D eigenvalue weighted by atomic mass is 32.2. The number of nitrogen functional groups attached to an aromatic ring is 1. The van der Waals surface area contributed by atoms with Crippen molar-refractivity contribution in [1.82, 2.24) is 4.68 Å². The van der Waals surface area contributed by atoms with Crippen molar-refractivity contribution in [2.75, 3.05) is 5.84 Å². The minimum atomic E-state index is -4.33. The maximum atomic E-state index is 10.8. The molecule has 0 amide bonds. The van der Waals surface area contributed by atoms with Gasteiger partial charge in [-0.2, -0.15) is 0 Å². The Labute approximate surface area is 141 Å². The van der Waals surface area contributed by atoms with Gasteiger partial charge < -0.3 is 4.55 Å². The number of nitrogens with two attached hydrogens (primary N) is 1. The second-order valence-electron chi connectivity index (χ2n) is 5.80. The number of rotatable bonds is 1. The van der Waals surface area contributed by atoms with Gasteiger partial charge in [-0.3, -0.25) is 5.84 Å². The third-order valence-electron chi connectivity index (χ3n) is 3.69. The Morgan fingerprint density at radius 1 is 1.08 bits per heavy atom. The molecule has 0 aliphatic heterocycles. The Kier molecular flexibility index (Phi) is 4.96. The molecule has 0 aliphatic carbocycles. The number of hydrogen-bond acceptors (Lipinski definition) is 4. The molecule has 6 nitrogen and oxygen atoms in total. The van der Waals surface area contributed by atoms with Gasteiger partial charge in [0.2, 0.25) is 0 Å². The molecule has 2 N–H and O–H groups in total. The van der Waals surface area contributed by atoms with E-state index in [-0.39, 0.29) is 4.90 Å². The summed E-state index contributed by atoms with van der Waals surface area (Å²) in [7, 11) is -2.35. The molecule has 0 unspecified atom stereocenters. The first-order valence-electron chi connectivity index (χ1n) is 7.36. The van der Waals surface area contributed by atoms with E-state index in [2.05, 4.69) is 0 Å². The highest BCUT2D eigenvalue weighted by molar-refractivity contribution is 7.85. The van der Waals surface area contributed by atoms with Crippen molar-refractivity contribution in [2.24, 2.45) is 7.05 Å². The minimum Gasteiger partial charge on any atom is -0.744 e. The predicted molar refractivity (Wildman–Crippen MR) is 91.9 cm³/mol. The number of imidazole rings is 1. The smallest absolute Gasteiger partial charge is 0.267 e. The van der Waals surface area contributed by atoms with Crippen molar-refractivity contribution in [3.63, 3.8) is 0 Å². The summed E-state index contributed by atoms with van der Waals surface area (Å²) in [6, 6.07) is 11.4. The molecule has 0 saturated heterocycles. The quantitative estimate of drug-likeness (QED) is 0.412. The Balaban J connectivity index is 0.000000175. The van der Waals surface area contributed by atoms with E-state index in [9.17, 15) is 13.0 Å². The zero-order valence-corrected chi connectivity index (χ0v) is 15.0. The van der Waals surface area contributed by atoms with E-state index in [1.807, 2.05) is 49.1 Å². The standard InChI is InChI=1S/C9H12O3S.C8H10N3/c1-6-4-7(2)9(8(3)5-6)13(10,11)12;1-10-6-11(9)8-5-3-2-4-7(8)10/h4-5H,1-3H3,(H,10,11,12);2-6H,9H2,1H3/q;+1/p-1. The van der Waals surface area contributed by atoms with Gasteiger partial charge in [0.15, 0.2) is 11.0 Å². The van der Waals surface area contributed by atoms with Gasteiger partial charge in [0.05, 0.1) is 11.9 Å². The predicted octanol–water partition coefficient (Wildman–Crippen LogP) is 1.70. The zero-order chi connectivity index (χ0) is 18.1. The lowest BCUT2D eigenvalue weighted by Crippen LogP contribution is -2.26. The number of aromatic nitrogens is 2. The van der Waals surface area contributed by atoms with Crippen LogP contribution in [-0.2, 0) is 17.2 Å². The van der Waals surface area contributed by atoms with Crippen LogP contribution in [0.15, 0.2) is 47.6 Å². The molecule has 0 aliphatic rings.